The van der Waals surface area contributed by atoms with Gasteiger partial charge in [-0.15, -0.1) is 0 Å². The molecule has 2 aromatic rings. The summed E-state index contributed by atoms with van der Waals surface area (Å²) < 4.78 is 2.68. The van der Waals surface area contributed by atoms with Crippen LogP contribution in [0, 0.1) is 0 Å². The Hall–Kier alpha value is -0.360. The van der Waals surface area contributed by atoms with E-state index in [-0.39, 0.29) is 4.87 Å². The summed E-state index contributed by atoms with van der Waals surface area (Å²) in [4.78, 5) is 11.2. The van der Waals surface area contributed by atoms with Gasteiger partial charge in [-0.3, -0.25) is 4.79 Å². The van der Waals surface area contributed by atoms with Crippen LogP contribution in [0.2, 0.25) is 0 Å². The number of rotatable bonds is 0. The molecule has 0 aliphatic rings. The summed E-state index contributed by atoms with van der Waals surface area (Å²) in [5, 5.41) is 0. The van der Waals surface area contributed by atoms with Crippen LogP contribution in [0.25, 0.3) is 10.2 Å². The number of hydrogen-bond donors (Lipinski definition) is 0. The topological polar surface area (TPSA) is 22.0 Å². The van der Waals surface area contributed by atoms with Gasteiger partial charge in [0, 0.05) is 0 Å². The van der Waals surface area contributed by atoms with Crippen molar-refractivity contribution in [2.75, 3.05) is 0 Å². The van der Waals surface area contributed by atoms with Gasteiger partial charge in [0.1, 0.15) is 0 Å². The fourth-order valence-corrected chi connectivity index (χ4v) is 2.60. The first-order valence-corrected chi connectivity index (χ1v) is 4.84. The molecule has 0 saturated heterocycles. The van der Waals surface area contributed by atoms with Crippen LogP contribution in [0.5, 0.6) is 0 Å². The van der Waals surface area contributed by atoms with Crippen LogP contribution in [-0.2, 0) is 0 Å². The molecule has 0 saturated carbocycles. The van der Waals surface area contributed by atoms with Crippen molar-refractivity contribution in [1.82, 2.24) is 2.78 Å². The maximum atomic E-state index is 11.1. The third-order valence-electron chi connectivity index (χ3n) is 1.43. The van der Waals surface area contributed by atoms with Gasteiger partial charge in [0.2, 0.25) is 0 Å². The molecule has 0 radical (unpaired) electrons. The minimum atomic E-state index is 0.0896. The highest BCUT2D eigenvalue weighted by atomic mass is 127. The molecule has 1 aromatic heterocycles. The largest absolute Gasteiger partial charge is 0.317 e. The Morgan fingerprint density at radius 1 is 1.36 bits per heavy atom. The van der Waals surface area contributed by atoms with Gasteiger partial charge < -0.3 is 0 Å². The van der Waals surface area contributed by atoms with Crippen molar-refractivity contribution in [3.05, 3.63) is 33.9 Å². The zero-order chi connectivity index (χ0) is 7.84. The summed E-state index contributed by atoms with van der Waals surface area (Å²) in [6.45, 7) is 0. The number of aromatic nitrogens is 1. The van der Waals surface area contributed by atoms with Gasteiger partial charge in [-0.2, -0.15) is 0 Å². The van der Waals surface area contributed by atoms with Crippen molar-refractivity contribution in [1.29, 1.82) is 0 Å². The summed E-state index contributed by atoms with van der Waals surface area (Å²) in [6.07, 6.45) is 0. The van der Waals surface area contributed by atoms with Crippen molar-refractivity contribution >= 4 is 44.4 Å². The lowest BCUT2D eigenvalue weighted by atomic mass is 10.3. The fraction of sp³-hybridized carbons (Fsp3) is 0. The second kappa shape index (κ2) is 2.60. The average Bonchev–Trinajstić information content (AvgIpc) is 2.30. The lowest BCUT2D eigenvalue weighted by Gasteiger charge is -1.87. The number of fused-ring (bicyclic) bond motifs is 1. The molecule has 2 rings (SSSR count). The van der Waals surface area contributed by atoms with E-state index in [2.05, 4.69) is 0 Å². The highest BCUT2D eigenvalue weighted by Crippen LogP contribution is 2.17. The molecule has 0 aliphatic heterocycles. The molecule has 0 fully saturated rings. The predicted octanol–water partition coefficient (Wildman–Crippen LogP) is 2.26. The molecule has 0 unspecified atom stereocenters. The monoisotopic (exact) mass is 277 g/mol. The lowest BCUT2D eigenvalue weighted by Crippen LogP contribution is -1.99. The number of hydrogen-bond acceptors (Lipinski definition) is 2. The molecule has 11 heavy (non-hydrogen) atoms. The molecule has 0 bridgehead atoms. The third-order valence-corrected chi connectivity index (χ3v) is 3.64. The first kappa shape index (κ1) is 7.30. The van der Waals surface area contributed by atoms with Crippen LogP contribution < -0.4 is 4.87 Å². The van der Waals surface area contributed by atoms with Crippen LogP contribution in [-0.4, -0.2) is 2.78 Å². The number of nitrogens with zero attached hydrogens (tertiary/aromatic N) is 1. The Labute approximate surface area is 81.0 Å². The molecule has 2 nitrogen and oxygen atoms in total. The minimum Gasteiger partial charge on any atom is -0.256 e. The highest BCUT2D eigenvalue weighted by molar-refractivity contribution is 14.1. The van der Waals surface area contributed by atoms with E-state index >= 15 is 0 Å². The second-order valence-corrected chi connectivity index (χ2v) is 4.07. The predicted molar refractivity (Wildman–Crippen MR) is 55.5 cm³/mol. The van der Waals surface area contributed by atoms with E-state index in [4.69, 9.17) is 0 Å². The summed E-state index contributed by atoms with van der Waals surface area (Å²) in [6, 6.07) is 7.77. The van der Waals surface area contributed by atoms with Crippen LogP contribution in [0.3, 0.4) is 0 Å². The molecule has 0 N–H and O–H groups in total. The van der Waals surface area contributed by atoms with Gasteiger partial charge in [-0.25, -0.2) is 2.78 Å². The van der Waals surface area contributed by atoms with E-state index < -0.39 is 0 Å². The van der Waals surface area contributed by atoms with Crippen molar-refractivity contribution in [2.45, 2.75) is 0 Å². The summed E-state index contributed by atoms with van der Waals surface area (Å²) in [7, 11) is 0. The smallest absolute Gasteiger partial charge is 0.256 e. The zero-order valence-electron chi connectivity index (χ0n) is 5.45. The quantitative estimate of drug-likeness (QED) is 0.677. The molecule has 0 amide bonds. The van der Waals surface area contributed by atoms with Gasteiger partial charge in [-0.05, 0) is 12.1 Å². The molecule has 0 aliphatic carbocycles. The molecule has 0 atom stereocenters. The lowest BCUT2D eigenvalue weighted by molar-refractivity contribution is 1.36. The summed E-state index contributed by atoms with van der Waals surface area (Å²) >= 11 is 3.29. The van der Waals surface area contributed by atoms with E-state index in [9.17, 15) is 4.79 Å². The molecule has 56 valence electrons. The third kappa shape index (κ3) is 1.10. The van der Waals surface area contributed by atoms with E-state index in [1.807, 2.05) is 47.1 Å². The van der Waals surface area contributed by atoms with E-state index in [0.717, 1.165) is 10.2 Å². The van der Waals surface area contributed by atoms with Crippen LogP contribution >= 0.6 is 34.2 Å². The molecular weight excluding hydrogens is 273 g/mol. The van der Waals surface area contributed by atoms with Gasteiger partial charge in [0.15, 0.2) is 0 Å². The van der Waals surface area contributed by atoms with Crippen molar-refractivity contribution in [3.8, 4) is 0 Å². The minimum absolute atomic E-state index is 0.0896. The maximum absolute atomic E-state index is 11.1. The molecular formula is C7H4INOS. The summed E-state index contributed by atoms with van der Waals surface area (Å²) in [5.74, 6) is 0. The number of para-hydroxylation sites is 1. The average molecular weight is 277 g/mol. The number of thiazole rings is 1. The Morgan fingerprint density at radius 2 is 2.09 bits per heavy atom. The van der Waals surface area contributed by atoms with Crippen molar-refractivity contribution < 1.29 is 0 Å². The zero-order valence-corrected chi connectivity index (χ0v) is 8.43. The Kier molecular flexibility index (Phi) is 1.72. The van der Waals surface area contributed by atoms with E-state index in [0.29, 0.717) is 0 Å². The van der Waals surface area contributed by atoms with E-state index in [1.165, 1.54) is 11.3 Å². The fourth-order valence-electron chi connectivity index (χ4n) is 0.938. The molecule has 4 heteroatoms. The first-order valence-electron chi connectivity index (χ1n) is 3.06. The standard InChI is InChI=1S/C7H4INOS/c8-9-5-3-1-2-4-6(5)11-7(9)10/h1-4H. The highest BCUT2D eigenvalue weighted by Gasteiger charge is 2.01. The van der Waals surface area contributed by atoms with E-state index in [1.54, 1.807) is 2.78 Å². The van der Waals surface area contributed by atoms with Crippen LogP contribution in [0.15, 0.2) is 29.1 Å². The summed E-state index contributed by atoms with van der Waals surface area (Å²) in [5.41, 5.74) is 1.00. The van der Waals surface area contributed by atoms with Gasteiger partial charge >= 0.3 is 4.87 Å². The Morgan fingerprint density at radius 3 is 2.82 bits per heavy atom. The van der Waals surface area contributed by atoms with Crippen LogP contribution in [0.1, 0.15) is 0 Å². The van der Waals surface area contributed by atoms with Crippen LogP contribution in [0.4, 0.5) is 0 Å². The molecule has 0 spiro atoms. The van der Waals surface area contributed by atoms with Gasteiger partial charge in [0.05, 0.1) is 33.1 Å². The first-order chi connectivity index (χ1) is 5.29. The maximum Gasteiger partial charge on any atom is 0.317 e. The normalized spacial score (nSPS) is 10.6. The Bertz CT molecular complexity index is 445. The van der Waals surface area contributed by atoms with Gasteiger partial charge in [-0.1, -0.05) is 23.5 Å². The number of benzene rings is 1. The SMILES string of the molecule is O=c1sc2ccccc2n1I. The molecule has 1 aromatic carbocycles. The van der Waals surface area contributed by atoms with Crippen molar-refractivity contribution in [3.63, 3.8) is 0 Å². The molecule has 1 heterocycles. The second-order valence-electron chi connectivity index (χ2n) is 2.12. The van der Waals surface area contributed by atoms with Gasteiger partial charge in [0.25, 0.3) is 0 Å². The van der Waals surface area contributed by atoms with Crippen molar-refractivity contribution in [2.24, 2.45) is 0 Å². The number of halogens is 1. The Balaban J connectivity index is 3.04.